The average Bonchev–Trinajstić information content (AvgIpc) is 1.96. The second kappa shape index (κ2) is 16.9. The first kappa shape index (κ1) is 17.6. The van der Waals surface area contributed by atoms with E-state index >= 15 is 0 Å². The fourth-order valence-corrected chi connectivity index (χ4v) is 0.445. The van der Waals surface area contributed by atoms with E-state index in [0.29, 0.717) is 5.75 Å². The van der Waals surface area contributed by atoms with Crippen molar-refractivity contribution in [2.45, 2.75) is 6.04 Å². The third-order valence-corrected chi connectivity index (χ3v) is 1.04. The van der Waals surface area contributed by atoms with Gasteiger partial charge in [0.05, 0.1) is 0 Å². The van der Waals surface area contributed by atoms with Crippen LogP contribution < -0.4 is 62.7 Å². The summed E-state index contributed by atoms with van der Waals surface area (Å²) >= 11 is 3.85. The van der Waals surface area contributed by atoms with Crippen molar-refractivity contribution in [1.82, 2.24) is 5.32 Å². The smallest absolute Gasteiger partial charge is 0.540 e. The van der Waals surface area contributed by atoms with Crippen LogP contribution in [0.1, 0.15) is 0 Å². The molecule has 3 nitrogen and oxygen atoms in total. The van der Waals surface area contributed by atoms with Gasteiger partial charge in [-0.3, -0.25) is 0 Å². The van der Waals surface area contributed by atoms with Gasteiger partial charge in [0.15, 0.2) is 0 Å². The Labute approximate surface area is 108 Å². The number of nitrogens with two attached hydrogens (primary N) is 1. The molecule has 0 aliphatic rings. The number of halogens is 1. The molecule has 0 saturated carbocycles. The van der Waals surface area contributed by atoms with Crippen LogP contribution >= 0.6 is 12.6 Å². The SMILES string of the molecule is CN[C@H]([C-]=O)CS.NF.[K+]. The number of likely N-dealkylation sites (N-methyl/N-ethyl adjacent to an activating group) is 1. The Morgan fingerprint density at radius 1 is 1.80 bits per heavy atom. The molecule has 0 aromatic heterocycles. The zero-order valence-corrected chi connectivity index (χ0v) is 10.1. The molecule has 0 aliphatic carbocycles. The van der Waals surface area contributed by atoms with Gasteiger partial charge in [0.25, 0.3) is 0 Å². The topological polar surface area (TPSA) is 55.1 Å². The number of nitrogens with one attached hydrogen (secondary N) is 1. The largest absolute Gasteiger partial charge is 1.00 e. The van der Waals surface area contributed by atoms with Crippen LogP contribution in [0.15, 0.2) is 0 Å². The van der Waals surface area contributed by atoms with Crippen molar-refractivity contribution in [3.63, 3.8) is 0 Å². The van der Waals surface area contributed by atoms with Gasteiger partial charge >= 0.3 is 51.4 Å². The first-order valence-electron chi connectivity index (χ1n) is 2.22. The fraction of sp³-hybridized carbons (Fsp3) is 0.750. The maximum Gasteiger partial charge on any atom is 1.00 e. The molecule has 0 fully saturated rings. The molecule has 0 bridgehead atoms. The van der Waals surface area contributed by atoms with E-state index in [4.69, 9.17) is 4.48 Å². The summed E-state index contributed by atoms with van der Waals surface area (Å²) in [6, 6.07) is -0.205. The van der Waals surface area contributed by atoms with Gasteiger partial charge in [-0.25, -0.2) is 6.29 Å². The van der Waals surface area contributed by atoms with Gasteiger partial charge in [0.1, 0.15) is 0 Å². The molecule has 3 N–H and O–H groups in total. The van der Waals surface area contributed by atoms with Crippen LogP contribution in [0.2, 0.25) is 0 Å². The molecule has 56 valence electrons. The summed E-state index contributed by atoms with van der Waals surface area (Å²) < 4.78 is 9.00. The first-order valence-corrected chi connectivity index (χ1v) is 2.86. The number of carbonyl (C=O) groups excluding carboxylic acids is 1. The molecule has 0 amide bonds. The molecule has 0 saturated heterocycles. The molecule has 0 heterocycles. The van der Waals surface area contributed by atoms with Crippen LogP contribution in [0.4, 0.5) is 4.48 Å². The van der Waals surface area contributed by atoms with E-state index in [1.807, 2.05) is 0 Å². The second-order valence-electron chi connectivity index (χ2n) is 1.14. The zero-order chi connectivity index (χ0) is 7.70. The molecule has 0 aromatic rings. The number of rotatable bonds is 3. The fourth-order valence-electron chi connectivity index (χ4n) is 0.187. The Bertz CT molecular complexity index is 65.2. The van der Waals surface area contributed by atoms with Crippen molar-refractivity contribution in [1.29, 1.82) is 0 Å². The van der Waals surface area contributed by atoms with Gasteiger partial charge in [0, 0.05) is 0 Å². The van der Waals surface area contributed by atoms with Gasteiger partial charge in [-0.15, -0.1) is 4.48 Å². The van der Waals surface area contributed by atoms with Crippen molar-refractivity contribution < 1.29 is 60.7 Å². The molecule has 6 heteroatoms. The van der Waals surface area contributed by atoms with Crippen molar-refractivity contribution in [2.24, 2.45) is 5.96 Å². The van der Waals surface area contributed by atoms with E-state index in [2.05, 4.69) is 23.9 Å². The maximum atomic E-state index is 9.73. The van der Waals surface area contributed by atoms with Gasteiger partial charge < -0.3 is 10.1 Å². The van der Waals surface area contributed by atoms with E-state index in [1.165, 1.54) is 0 Å². The Morgan fingerprint density at radius 3 is 2.20 bits per heavy atom. The van der Waals surface area contributed by atoms with Crippen LogP contribution in [0.3, 0.4) is 0 Å². The summed E-state index contributed by atoms with van der Waals surface area (Å²) in [5.41, 5.74) is 0. The van der Waals surface area contributed by atoms with Crippen molar-refractivity contribution >= 4 is 18.9 Å². The van der Waals surface area contributed by atoms with Crippen molar-refractivity contribution in [2.75, 3.05) is 12.8 Å². The predicted molar refractivity (Wildman–Crippen MR) is 37.7 cm³/mol. The minimum atomic E-state index is -0.205. The molecule has 0 unspecified atom stereocenters. The molecule has 10 heavy (non-hydrogen) atoms. The predicted octanol–water partition coefficient (Wildman–Crippen LogP) is -3.55. The maximum absolute atomic E-state index is 9.73. The standard InChI is InChI=1S/C4H8NOS.FH2N.K/c1-5-4(2-6)3-7;1-2;/h4-5,7H,3H2,1H3;2H2;/q-1;;+1/t4-;;/m1../s1. The molecule has 1 atom stereocenters. The van der Waals surface area contributed by atoms with E-state index < -0.39 is 0 Å². The zero-order valence-electron chi connectivity index (χ0n) is 6.10. The summed E-state index contributed by atoms with van der Waals surface area (Å²) in [4.78, 5) is 9.73. The van der Waals surface area contributed by atoms with Crippen LogP contribution in [0, 0.1) is 0 Å². The van der Waals surface area contributed by atoms with E-state index in [-0.39, 0.29) is 57.4 Å². The molecule has 0 aromatic carbocycles. The quantitative estimate of drug-likeness (QED) is 0.188. The molecular formula is C4H10FKN2OS. The number of hydrogen-bond acceptors (Lipinski definition) is 4. The third kappa shape index (κ3) is 12.2. The van der Waals surface area contributed by atoms with Crippen LogP contribution in [-0.2, 0) is 4.79 Å². The molecule has 0 rings (SSSR count). The van der Waals surface area contributed by atoms with Crippen LogP contribution in [0.5, 0.6) is 0 Å². The molecular weight excluding hydrogens is 182 g/mol. The number of thiol groups is 1. The normalized spacial score (nSPS) is 10.0. The Morgan fingerprint density at radius 2 is 2.20 bits per heavy atom. The summed E-state index contributed by atoms with van der Waals surface area (Å²) in [7, 11) is 1.70. The van der Waals surface area contributed by atoms with Crippen LogP contribution in [0.25, 0.3) is 0 Å². The molecule has 0 radical (unpaired) electrons. The number of hydrogen-bond donors (Lipinski definition) is 3. The summed E-state index contributed by atoms with van der Waals surface area (Å²) in [6.07, 6.45) is 1.76. The summed E-state index contributed by atoms with van der Waals surface area (Å²) in [5.74, 6) is 3.51. The first-order chi connectivity index (χ1) is 4.35. The minimum Gasteiger partial charge on any atom is -0.540 e. The van der Waals surface area contributed by atoms with E-state index in [0.717, 1.165) is 0 Å². The van der Waals surface area contributed by atoms with Crippen molar-refractivity contribution in [3.05, 3.63) is 0 Å². The van der Waals surface area contributed by atoms with Gasteiger partial charge in [-0.05, 0) is 12.8 Å². The summed E-state index contributed by atoms with van der Waals surface area (Å²) in [5, 5.41) is 2.70. The van der Waals surface area contributed by atoms with Gasteiger partial charge in [0.2, 0.25) is 0 Å². The molecule has 0 aliphatic heterocycles. The summed E-state index contributed by atoms with van der Waals surface area (Å²) in [6.45, 7) is 0. The van der Waals surface area contributed by atoms with Crippen molar-refractivity contribution in [3.8, 4) is 0 Å². The Kier molecular flexibility index (Phi) is 29.6. The Balaban J connectivity index is -0.000000149. The van der Waals surface area contributed by atoms with E-state index in [9.17, 15) is 4.79 Å². The Hall–Kier alpha value is 1.51. The second-order valence-corrected chi connectivity index (χ2v) is 1.51. The average molecular weight is 192 g/mol. The van der Waals surface area contributed by atoms with Gasteiger partial charge in [-0.1, -0.05) is 6.04 Å². The van der Waals surface area contributed by atoms with Crippen LogP contribution in [-0.4, -0.2) is 25.1 Å². The minimum absolute atomic E-state index is 0. The van der Waals surface area contributed by atoms with Gasteiger partial charge in [-0.2, -0.15) is 18.6 Å². The third-order valence-electron chi connectivity index (χ3n) is 0.673. The van der Waals surface area contributed by atoms with E-state index in [1.54, 1.807) is 13.3 Å². The molecule has 0 spiro atoms. The monoisotopic (exact) mass is 192 g/mol.